The van der Waals surface area contributed by atoms with Crippen LogP contribution >= 0.6 is 27.7 Å². The summed E-state index contributed by atoms with van der Waals surface area (Å²) in [7, 11) is 0. The summed E-state index contributed by atoms with van der Waals surface area (Å²) in [5.74, 6) is -0.715. The zero-order chi connectivity index (χ0) is 27.0. The number of thioether (sulfide) groups is 1. The number of carbonyl (C=O) groups is 4. The van der Waals surface area contributed by atoms with Gasteiger partial charge in [0.2, 0.25) is 5.91 Å². The molecule has 2 saturated heterocycles. The number of ketones is 1. The molecular weight excluding hydrogens is 566 g/mol. The largest absolute Gasteiger partial charge is 0.338 e. The monoisotopic (exact) mass is 593 g/mol. The van der Waals surface area contributed by atoms with Crippen LogP contribution in [-0.2, 0) is 16.1 Å². The molecule has 2 fully saturated rings. The highest BCUT2D eigenvalue weighted by molar-refractivity contribution is 9.10. The van der Waals surface area contributed by atoms with Gasteiger partial charge in [0, 0.05) is 45.3 Å². The molecule has 2 aliphatic rings. The molecule has 0 unspecified atom stereocenters. The van der Waals surface area contributed by atoms with Gasteiger partial charge in [0.1, 0.15) is 6.54 Å². The number of Topliss-reactive ketones (excluding diaryl/α,β-unsaturated/α-hetero) is 1. The van der Waals surface area contributed by atoms with E-state index in [1.54, 1.807) is 18.2 Å². The third-order valence-electron chi connectivity index (χ3n) is 7.14. The number of fused-ring (bicyclic) bond motifs is 1. The number of imide groups is 1. The van der Waals surface area contributed by atoms with Crippen LogP contribution in [0.4, 0.5) is 4.79 Å². The van der Waals surface area contributed by atoms with Crippen LogP contribution in [0, 0.1) is 6.92 Å². The van der Waals surface area contributed by atoms with Gasteiger partial charge in [0.25, 0.3) is 11.1 Å². The molecule has 0 N–H and O–H groups in total. The van der Waals surface area contributed by atoms with Crippen molar-refractivity contribution in [1.82, 2.24) is 14.4 Å². The fraction of sp³-hybridized carbons (Fsp3) is 0.310. The van der Waals surface area contributed by atoms with Gasteiger partial charge >= 0.3 is 0 Å². The third-order valence-corrected chi connectivity index (χ3v) is 8.54. The van der Waals surface area contributed by atoms with Gasteiger partial charge in [-0.05, 0) is 69.1 Å². The molecule has 9 heteroatoms. The maximum atomic E-state index is 13.2. The SMILES string of the molecule is Cc1ccc(C(=O)CN2C(=O)S/C(=C\c3cn(CC(=O)N4CCCC[C@@H]4C)c4ccc(Br)cc34)C2=O)cc1. The molecule has 0 bridgehead atoms. The van der Waals surface area contributed by atoms with E-state index in [1.807, 2.05) is 52.9 Å². The normalized spacial score (nSPS) is 19.1. The number of rotatable bonds is 6. The summed E-state index contributed by atoms with van der Waals surface area (Å²) in [6.07, 6.45) is 6.71. The third kappa shape index (κ3) is 5.35. The minimum atomic E-state index is -0.491. The Morgan fingerprint density at radius 1 is 1.08 bits per heavy atom. The molecule has 0 radical (unpaired) electrons. The molecule has 0 aliphatic carbocycles. The van der Waals surface area contributed by atoms with Crippen molar-refractivity contribution in [2.24, 2.45) is 0 Å². The van der Waals surface area contributed by atoms with Crippen molar-refractivity contribution in [2.75, 3.05) is 13.1 Å². The lowest BCUT2D eigenvalue weighted by Crippen LogP contribution is -2.43. The number of hydrogen-bond donors (Lipinski definition) is 0. The van der Waals surface area contributed by atoms with E-state index in [0.29, 0.717) is 5.56 Å². The molecule has 1 aromatic heterocycles. The van der Waals surface area contributed by atoms with Crippen LogP contribution in [0.1, 0.15) is 47.7 Å². The molecule has 7 nitrogen and oxygen atoms in total. The van der Waals surface area contributed by atoms with Gasteiger partial charge in [-0.15, -0.1) is 0 Å². The highest BCUT2D eigenvalue weighted by Crippen LogP contribution is 2.35. The molecule has 38 heavy (non-hydrogen) atoms. The van der Waals surface area contributed by atoms with Crippen molar-refractivity contribution in [2.45, 2.75) is 45.7 Å². The zero-order valence-corrected chi connectivity index (χ0v) is 23.7. The van der Waals surface area contributed by atoms with E-state index in [-0.39, 0.29) is 35.7 Å². The van der Waals surface area contributed by atoms with Gasteiger partial charge in [0.05, 0.1) is 11.4 Å². The number of piperidine rings is 1. The fourth-order valence-electron chi connectivity index (χ4n) is 5.00. The summed E-state index contributed by atoms with van der Waals surface area (Å²) < 4.78 is 2.77. The second-order valence-electron chi connectivity index (χ2n) is 9.86. The Balaban J connectivity index is 1.40. The Hall–Kier alpha value is -3.17. The number of nitrogens with zero attached hydrogens (tertiary/aromatic N) is 3. The maximum absolute atomic E-state index is 13.2. The Bertz CT molecular complexity index is 1480. The first-order chi connectivity index (χ1) is 18.2. The van der Waals surface area contributed by atoms with Crippen LogP contribution in [0.5, 0.6) is 0 Å². The van der Waals surface area contributed by atoms with E-state index in [1.165, 1.54) is 0 Å². The number of amides is 3. The topological polar surface area (TPSA) is 79.7 Å². The molecule has 3 heterocycles. The van der Waals surface area contributed by atoms with Gasteiger partial charge in [-0.25, -0.2) is 0 Å². The molecular formula is C29H28BrN3O4S. The first-order valence-electron chi connectivity index (χ1n) is 12.6. The predicted octanol–water partition coefficient (Wildman–Crippen LogP) is 6.03. The van der Waals surface area contributed by atoms with E-state index in [9.17, 15) is 19.2 Å². The second-order valence-corrected chi connectivity index (χ2v) is 11.8. The first-order valence-corrected chi connectivity index (χ1v) is 14.3. The summed E-state index contributed by atoms with van der Waals surface area (Å²) in [5.41, 5.74) is 3.08. The number of hydrogen-bond acceptors (Lipinski definition) is 5. The Morgan fingerprint density at radius 2 is 1.84 bits per heavy atom. The van der Waals surface area contributed by atoms with Crippen molar-refractivity contribution >= 4 is 67.5 Å². The Morgan fingerprint density at radius 3 is 2.58 bits per heavy atom. The fourth-order valence-corrected chi connectivity index (χ4v) is 6.19. The molecule has 1 atom stereocenters. The standard InChI is InChI=1S/C29H28BrN3O4S/c1-18-6-8-20(9-7-18)25(34)16-33-28(36)26(38-29(33)37)13-21-15-31(24-11-10-22(30)14-23(21)24)17-27(35)32-12-4-3-5-19(32)2/h6-11,13-15,19H,3-5,12,16-17H2,1-2H3/b26-13-/t19-/m0/s1. The van der Waals surface area contributed by atoms with Gasteiger partial charge in [-0.2, -0.15) is 0 Å². The smallest absolute Gasteiger partial charge is 0.293 e. The Labute approximate surface area is 234 Å². The summed E-state index contributed by atoms with van der Waals surface area (Å²) in [4.78, 5) is 54.9. The van der Waals surface area contributed by atoms with Gasteiger partial charge in [-0.1, -0.05) is 45.8 Å². The van der Waals surface area contributed by atoms with Crippen LogP contribution in [0.25, 0.3) is 17.0 Å². The van der Waals surface area contributed by atoms with Crippen LogP contribution in [-0.4, -0.2) is 56.3 Å². The molecule has 2 aromatic carbocycles. The first kappa shape index (κ1) is 26.4. The van der Waals surface area contributed by atoms with E-state index < -0.39 is 11.1 Å². The quantitative estimate of drug-likeness (QED) is 0.257. The molecule has 5 rings (SSSR count). The number of aromatic nitrogens is 1. The zero-order valence-electron chi connectivity index (χ0n) is 21.3. The van der Waals surface area contributed by atoms with Crippen molar-refractivity contribution in [1.29, 1.82) is 0 Å². The molecule has 0 spiro atoms. The molecule has 0 saturated carbocycles. The van der Waals surface area contributed by atoms with Crippen molar-refractivity contribution in [3.8, 4) is 0 Å². The van der Waals surface area contributed by atoms with Crippen LogP contribution < -0.4 is 0 Å². The summed E-state index contributed by atoms with van der Waals surface area (Å²) >= 11 is 4.34. The van der Waals surface area contributed by atoms with Gasteiger partial charge in [-0.3, -0.25) is 24.1 Å². The van der Waals surface area contributed by atoms with E-state index in [4.69, 9.17) is 0 Å². The number of likely N-dealkylation sites (tertiary alicyclic amines) is 1. The highest BCUT2D eigenvalue weighted by Gasteiger charge is 2.36. The lowest BCUT2D eigenvalue weighted by molar-refractivity contribution is -0.135. The van der Waals surface area contributed by atoms with E-state index >= 15 is 0 Å². The van der Waals surface area contributed by atoms with Crippen molar-refractivity contribution in [3.05, 3.63) is 74.7 Å². The summed E-state index contributed by atoms with van der Waals surface area (Å²) in [6.45, 7) is 4.68. The molecule has 3 aromatic rings. The second kappa shape index (κ2) is 10.9. The molecule has 196 valence electrons. The average molecular weight is 595 g/mol. The average Bonchev–Trinajstić information content (AvgIpc) is 3.35. The molecule has 2 aliphatic heterocycles. The van der Waals surface area contributed by atoms with Gasteiger partial charge in [0.15, 0.2) is 5.78 Å². The predicted molar refractivity (Wildman–Crippen MR) is 153 cm³/mol. The number of benzene rings is 2. The van der Waals surface area contributed by atoms with Crippen LogP contribution in [0.15, 0.2) is 58.0 Å². The van der Waals surface area contributed by atoms with Crippen molar-refractivity contribution in [3.63, 3.8) is 0 Å². The minimum Gasteiger partial charge on any atom is -0.338 e. The maximum Gasteiger partial charge on any atom is 0.293 e. The minimum absolute atomic E-state index is 0.0681. The van der Waals surface area contributed by atoms with Crippen molar-refractivity contribution < 1.29 is 19.2 Å². The number of aryl methyl sites for hydroxylation is 1. The molecule has 3 amide bonds. The van der Waals surface area contributed by atoms with Crippen LogP contribution in [0.3, 0.4) is 0 Å². The number of carbonyl (C=O) groups excluding carboxylic acids is 4. The lowest BCUT2D eigenvalue weighted by atomic mass is 10.0. The highest BCUT2D eigenvalue weighted by atomic mass is 79.9. The lowest BCUT2D eigenvalue weighted by Gasteiger charge is -2.33. The van der Waals surface area contributed by atoms with Gasteiger partial charge < -0.3 is 9.47 Å². The number of halogens is 1. The van der Waals surface area contributed by atoms with Crippen LogP contribution in [0.2, 0.25) is 0 Å². The summed E-state index contributed by atoms with van der Waals surface area (Å²) in [6, 6.07) is 13.1. The van der Waals surface area contributed by atoms with E-state index in [0.717, 1.165) is 69.0 Å². The van der Waals surface area contributed by atoms with E-state index in [2.05, 4.69) is 22.9 Å². The summed E-state index contributed by atoms with van der Waals surface area (Å²) in [5, 5.41) is 0.391. The Kier molecular flexibility index (Phi) is 7.59.